The summed E-state index contributed by atoms with van der Waals surface area (Å²) < 4.78 is 67.1. The van der Waals surface area contributed by atoms with E-state index in [0.29, 0.717) is 10.4 Å². The second-order valence-electron chi connectivity index (χ2n) is 7.62. The summed E-state index contributed by atoms with van der Waals surface area (Å²) in [7, 11) is -1.92. The maximum absolute atomic E-state index is 13.3. The van der Waals surface area contributed by atoms with Crippen LogP contribution in [0.1, 0.15) is 30.2 Å². The minimum atomic E-state index is -4.63. The van der Waals surface area contributed by atoms with E-state index in [-0.39, 0.29) is 22.8 Å². The molecule has 4 rings (SSSR count). The molecule has 6 nitrogen and oxygen atoms in total. The first-order chi connectivity index (χ1) is 15.0. The molecule has 0 amide bonds. The van der Waals surface area contributed by atoms with Crippen LogP contribution in [0.15, 0.2) is 57.6 Å². The van der Waals surface area contributed by atoms with Gasteiger partial charge in [0.25, 0.3) is 0 Å². The molecule has 1 saturated carbocycles. The summed E-state index contributed by atoms with van der Waals surface area (Å²) in [6, 6.07) is 8.49. The maximum Gasteiger partial charge on any atom is 0.452 e. The second-order valence-corrected chi connectivity index (χ2v) is 10.1. The fourth-order valence-corrected chi connectivity index (χ4v) is 6.04. The van der Waals surface area contributed by atoms with E-state index in [2.05, 4.69) is 14.7 Å². The number of thiophene rings is 1. The van der Waals surface area contributed by atoms with Crippen molar-refractivity contribution in [2.45, 2.75) is 41.1 Å². The first kappa shape index (κ1) is 22.6. The van der Waals surface area contributed by atoms with Crippen molar-refractivity contribution < 1.29 is 36.5 Å². The van der Waals surface area contributed by atoms with Crippen molar-refractivity contribution in [3.63, 3.8) is 0 Å². The van der Waals surface area contributed by atoms with Crippen LogP contribution in [0, 0.1) is 5.82 Å². The number of aliphatic carboxylic acids is 1. The number of carboxylic acids is 1. The molecule has 1 aromatic carbocycles. The van der Waals surface area contributed by atoms with Crippen molar-refractivity contribution >= 4 is 34.0 Å². The van der Waals surface area contributed by atoms with Gasteiger partial charge in [-0.15, -0.1) is 11.3 Å². The van der Waals surface area contributed by atoms with E-state index in [1.165, 1.54) is 36.4 Å². The van der Waals surface area contributed by atoms with Gasteiger partial charge in [-0.3, -0.25) is 4.79 Å². The zero-order chi connectivity index (χ0) is 23.3. The molecule has 1 aliphatic heterocycles. The Kier molecular flexibility index (Phi) is 5.50. The third-order valence-electron chi connectivity index (χ3n) is 5.61. The highest BCUT2D eigenvalue weighted by molar-refractivity contribution is 7.85. The van der Waals surface area contributed by atoms with Gasteiger partial charge in [0.1, 0.15) is 32.3 Å². The summed E-state index contributed by atoms with van der Waals surface area (Å²) in [6.07, 6.45) is -3.73. The van der Waals surface area contributed by atoms with Gasteiger partial charge in [-0.2, -0.15) is 13.2 Å². The molecule has 2 N–H and O–H groups in total. The molecule has 0 bridgehead atoms. The lowest BCUT2D eigenvalue weighted by atomic mass is 9.93. The number of nitrogens with one attached hydrogen (secondary N) is 1. The summed E-state index contributed by atoms with van der Waals surface area (Å²) in [5, 5.41) is 13.3. The van der Waals surface area contributed by atoms with Crippen LogP contribution in [0.25, 0.3) is 0 Å². The van der Waals surface area contributed by atoms with Crippen molar-refractivity contribution in [3.05, 3.63) is 64.5 Å². The first-order valence-corrected chi connectivity index (χ1v) is 11.2. The Balaban J connectivity index is 1.50. The quantitative estimate of drug-likeness (QED) is 0.595. The molecule has 2 aromatic rings. The van der Waals surface area contributed by atoms with Crippen LogP contribution in [0.5, 0.6) is 0 Å². The molecule has 2 heterocycles. The Morgan fingerprint density at radius 1 is 1.25 bits per heavy atom. The molecular formula is C20H16F4N2O4S2. The highest BCUT2D eigenvalue weighted by Gasteiger charge is 2.71. The van der Waals surface area contributed by atoms with Gasteiger partial charge in [0.2, 0.25) is 5.76 Å². The van der Waals surface area contributed by atoms with Crippen molar-refractivity contribution in [2.24, 2.45) is 5.16 Å². The smallest absolute Gasteiger partial charge is 0.452 e. The fraction of sp³-hybridized carbons (Fsp3) is 0.300. The predicted molar refractivity (Wildman–Crippen MR) is 109 cm³/mol. The van der Waals surface area contributed by atoms with E-state index in [1.54, 1.807) is 6.92 Å². The Morgan fingerprint density at radius 2 is 1.94 bits per heavy atom. The summed E-state index contributed by atoms with van der Waals surface area (Å²) in [5.41, 5.74) is -1.58. The average Bonchev–Trinajstić information content (AvgIpc) is 3.11. The normalized spacial score (nSPS) is 26.0. The zero-order valence-electron chi connectivity index (χ0n) is 16.4. The van der Waals surface area contributed by atoms with Gasteiger partial charge in [-0.1, -0.05) is 24.2 Å². The van der Waals surface area contributed by atoms with Crippen LogP contribution >= 0.6 is 11.3 Å². The van der Waals surface area contributed by atoms with Crippen LogP contribution < -0.4 is 4.72 Å². The Labute approximate surface area is 186 Å². The molecular weight excluding hydrogens is 472 g/mol. The third-order valence-corrected chi connectivity index (χ3v) is 8.28. The summed E-state index contributed by atoms with van der Waals surface area (Å²) in [4.78, 5) is 16.9. The molecule has 0 saturated heterocycles. The van der Waals surface area contributed by atoms with E-state index in [0.717, 1.165) is 17.4 Å². The number of rotatable bonds is 6. The summed E-state index contributed by atoms with van der Waals surface area (Å²) in [5.74, 6) is -2.84. The van der Waals surface area contributed by atoms with Crippen molar-refractivity contribution in [1.29, 1.82) is 0 Å². The number of allylic oxidation sites excluding steroid dienone is 2. The number of halogens is 4. The molecule has 0 radical (unpaired) electrons. The van der Waals surface area contributed by atoms with Crippen LogP contribution in [0.4, 0.5) is 17.6 Å². The number of carbonyl (C=O) groups is 1. The largest absolute Gasteiger partial charge is 0.480 e. The molecule has 1 aliphatic carbocycles. The summed E-state index contributed by atoms with van der Waals surface area (Å²) >= 11 is 1.01. The van der Waals surface area contributed by atoms with Gasteiger partial charge in [0.15, 0.2) is 0 Å². The topological polar surface area (TPSA) is 88.0 Å². The Morgan fingerprint density at radius 3 is 2.50 bits per heavy atom. The molecule has 12 heteroatoms. The summed E-state index contributed by atoms with van der Waals surface area (Å²) in [6.45, 7) is 1.69. The molecule has 3 atom stereocenters. The number of nitrogens with zero attached hydrogens (tertiary/aromatic N) is 1. The molecule has 0 spiro atoms. The SMILES string of the molecule is CC1(c2ccc(F)cc2)CC1(NS(=O)c1ccc(C2=NOC(C(F)(F)F)=CC2)s1)C(=O)O. The number of oxime groups is 1. The minimum absolute atomic E-state index is 0.115. The standard InChI is InChI=1S/C20H16F4N2O4S2/c1-18(11-2-4-12(21)5-3-11)10-19(18,17(27)28)26-32(29)16-9-7-14(31-16)13-6-8-15(30-25-13)20(22,23)24/h2-5,7-9,26H,6,10H2,1H3,(H,27,28). The zero-order valence-corrected chi connectivity index (χ0v) is 18.0. The average molecular weight is 488 g/mol. The van der Waals surface area contributed by atoms with E-state index in [4.69, 9.17) is 0 Å². The molecule has 1 aromatic heterocycles. The van der Waals surface area contributed by atoms with Gasteiger partial charge in [0.05, 0.1) is 4.88 Å². The maximum atomic E-state index is 13.3. The first-order valence-electron chi connectivity index (χ1n) is 9.27. The lowest BCUT2D eigenvalue weighted by molar-refractivity contribution is -0.140. The number of carboxylic acid groups (broad SMARTS) is 1. The molecule has 32 heavy (non-hydrogen) atoms. The highest BCUT2D eigenvalue weighted by Crippen LogP contribution is 2.58. The van der Waals surface area contributed by atoms with Gasteiger partial charge in [-0.25, -0.2) is 13.3 Å². The molecule has 170 valence electrons. The second kappa shape index (κ2) is 7.78. The lowest BCUT2D eigenvalue weighted by Crippen LogP contribution is -2.45. The van der Waals surface area contributed by atoms with Crippen molar-refractivity contribution in [1.82, 2.24) is 4.72 Å². The highest BCUT2D eigenvalue weighted by atomic mass is 32.2. The van der Waals surface area contributed by atoms with E-state index >= 15 is 0 Å². The Hall–Kier alpha value is -2.57. The van der Waals surface area contributed by atoms with Crippen LogP contribution in [0.2, 0.25) is 0 Å². The molecule has 3 unspecified atom stereocenters. The Bertz CT molecular complexity index is 1160. The van der Waals surface area contributed by atoms with E-state index < -0.39 is 45.7 Å². The van der Waals surface area contributed by atoms with Gasteiger partial charge < -0.3 is 9.94 Å². The van der Waals surface area contributed by atoms with Gasteiger partial charge >= 0.3 is 12.1 Å². The monoisotopic (exact) mass is 488 g/mol. The van der Waals surface area contributed by atoms with Gasteiger partial charge in [0, 0.05) is 11.8 Å². The van der Waals surface area contributed by atoms with Crippen LogP contribution in [0.3, 0.4) is 0 Å². The predicted octanol–water partition coefficient (Wildman–Crippen LogP) is 4.26. The number of hydrogen-bond acceptors (Lipinski definition) is 5. The van der Waals surface area contributed by atoms with Crippen molar-refractivity contribution in [3.8, 4) is 0 Å². The van der Waals surface area contributed by atoms with Gasteiger partial charge in [-0.05, 0) is 42.3 Å². The number of alkyl halides is 3. The van der Waals surface area contributed by atoms with Crippen LogP contribution in [-0.4, -0.2) is 32.7 Å². The molecule has 2 aliphatic rings. The number of benzene rings is 1. The fourth-order valence-electron chi connectivity index (χ4n) is 3.62. The molecule has 1 fully saturated rings. The lowest BCUT2D eigenvalue weighted by Gasteiger charge is -2.20. The minimum Gasteiger partial charge on any atom is -0.480 e. The van der Waals surface area contributed by atoms with Crippen LogP contribution in [-0.2, 0) is 26.0 Å². The van der Waals surface area contributed by atoms with Crippen molar-refractivity contribution in [2.75, 3.05) is 0 Å². The third kappa shape index (κ3) is 3.86. The van der Waals surface area contributed by atoms with E-state index in [1.807, 2.05) is 0 Å². The van der Waals surface area contributed by atoms with E-state index in [9.17, 15) is 31.7 Å². The number of hydrogen-bond donors (Lipinski definition) is 2.